The highest BCUT2D eigenvalue weighted by Gasteiger charge is 2.27. The van der Waals surface area contributed by atoms with E-state index < -0.39 is 22.2 Å². The van der Waals surface area contributed by atoms with Crippen LogP contribution in [0.5, 0.6) is 0 Å². The largest absolute Gasteiger partial charge is 0.453 e. The Morgan fingerprint density at radius 2 is 1.97 bits per heavy atom. The molecule has 0 bridgehead atoms. The molecule has 2 aromatic heterocycles. The summed E-state index contributed by atoms with van der Waals surface area (Å²) in [6, 6.07) is 17.0. The lowest BCUT2D eigenvalue weighted by atomic mass is 10.0. The summed E-state index contributed by atoms with van der Waals surface area (Å²) in [6.07, 6.45) is 0. The second-order valence-corrected chi connectivity index (χ2v) is 6.37. The third kappa shape index (κ3) is 3.33. The van der Waals surface area contributed by atoms with Gasteiger partial charge in [-0.2, -0.15) is 5.26 Å². The van der Waals surface area contributed by atoms with Crippen LogP contribution in [-0.2, 0) is 0 Å². The van der Waals surface area contributed by atoms with Gasteiger partial charge in [-0.25, -0.2) is 4.98 Å². The minimum Gasteiger partial charge on any atom is -0.453 e. The zero-order chi connectivity index (χ0) is 21.3. The van der Waals surface area contributed by atoms with Crippen LogP contribution in [0, 0.1) is 21.4 Å². The van der Waals surface area contributed by atoms with E-state index in [1.165, 1.54) is 30.3 Å². The summed E-state index contributed by atoms with van der Waals surface area (Å²) >= 11 is 0. The van der Waals surface area contributed by atoms with Crippen LogP contribution in [0.15, 0.2) is 69.9 Å². The number of para-hydroxylation sites is 1. The Labute approximate surface area is 168 Å². The molecular formula is C21H12N4O5. The lowest BCUT2D eigenvalue weighted by molar-refractivity contribution is -0.384. The van der Waals surface area contributed by atoms with Crippen LogP contribution in [-0.4, -0.2) is 20.7 Å². The Hall–Kier alpha value is -4.58. The zero-order valence-electron chi connectivity index (χ0n) is 15.2. The van der Waals surface area contributed by atoms with E-state index in [2.05, 4.69) is 9.97 Å². The molecule has 0 unspecified atom stereocenters. The number of fused-ring (bicyclic) bond motifs is 1. The SMILES string of the molecule is N#C[C@@H](C(=O)c1ccc(-c2cccc([N+](=O)[O-])c2)o1)c1nc2ccccc2c(=O)[nH]1. The Morgan fingerprint density at radius 3 is 2.73 bits per heavy atom. The molecule has 0 saturated heterocycles. The number of nitro benzene ring substituents is 1. The number of rotatable bonds is 5. The van der Waals surface area contributed by atoms with E-state index >= 15 is 0 Å². The van der Waals surface area contributed by atoms with Gasteiger partial charge in [0.15, 0.2) is 11.7 Å². The molecule has 146 valence electrons. The van der Waals surface area contributed by atoms with Crippen molar-refractivity contribution in [3.05, 3.63) is 92.7 Å². The Morgan fingerprint density at radius 1 is 1.17 bits per heavy atom. The summed E-state index contributed by atoms with van der Waals surface area (Å²) in [4.78, 5) is 42.3. The highest BCUT2D eigenvalue weighted by molar-refractivity contribution is 6.00. The fourth-order valence-corrected chi connectivity index (χ4v) is 3.03. The minimum atomic E-state index is -1.38. The van der Waals surface area contributed by atoms with E-state index in [0.29, 0.717) is 16.5 Å². The van der Waals surface area contributed by atoms with Gasteiger partial charge in [-0.15, -0.1) is 0 Å². The van der Waals surface area contributed by atoms with Crippen LogP contribution < -0.4 is 5.56 Å². The molecule has 30 heavy (non-hydrogen) atoms. The van der Waals surface area contributed by atoms with E-state index in [1.54, 1.807) is 30.3 Å². The van der Waals surface area contributed by atoms with E-state index in [-0.39, 0.29) is 23.0 Å². The van der Waals surface area contributed by atoms with E-state index in [0.717, 1.165) is 0 Å². The van der Waals surface area contributed by atoms with Gasteiger partial charge in [0.1, 0.15) is 11.6 Å². The molecule has 9 heteroatoms. The maximum atomic E-state index is 12.9. The van der Waals surface area contributed by atoms with Crippen molar-refractivity contribution in [2.24, 2.45) is 0 Å². The van der Waals surface area contributed by atoms with Gasteiger partial charge >= 0.3 is 0 Å². The zero-order valence-corrected chi connectivity index (χ0v) is 15.2. The quantitative estimate of drug-likeness (QED) is 0.306. The second kappa shape index (κ2) is 7.44. The molecule has 0 aliphatic carbocycles. The Kier molecular flexibility index (Phi) is 4.66. The van der Waals surface area contributed by atoms with Gasteiger partial charge in [0.05, 0.1) is 21.9 Å². The molecule has 0 radical (unpaired) electrons. The fraction of sp³-hybridized carbons (Fsp3) is 0.0476. The van der Waals surface area contributed by atoms with Crippen LogP contribution >= 0.6 is 0 Å². The molecule has 4 aromatic rings. The third-order valence-corrected chi connectivity index (χ3v) is 4.49. The first-order valence-electron chi connectivity index (χ1n) is 8.75. The predicted molar refractivity (Wildman–Crippen MR) is 106 cm³/mol. The normalized spacial score (nSPS) is 11.7. The molecule has 1 N–H and O–H groups in total. The average molecular weight is 400 g/mol. The molecule has 0 aliphatic heterocycles. The van der Waals surface area contributed by atoms with Gasteiger partial charge in [0.25, 0.3) is 11.2 Å². The standard InChI is InChI=1S/C21H12N4O5/c22-11-15(20-23-16-7-2-1-6-14(16)21(27)24-20)19(26)18-9-8-17(30-18)12-4-3-5-13(10-12)25(28)29/h1-10,15H,(H,23,24,27)/t15-/m0/s1. The monoisotopic (exact) mass is 400 g/mol. The summed E-state index contributed by atoms with van der Waals surface area (Å²) in [6.45, 7) is 0. The summed E-state index contributed by atoms with van der Waals surface area (Å²) in [5.41, 5.74) is 0.194. The lowest BCUT2D eigenvalue weighted by Crippen LogP contribution is -2.19. The molecule has 0 aliphatic rings. The highest BCUT2D eigenvalue weighted by atomic mass is 16.6. The number of benzene rings is 2. The van der Waals surface area contributed by atoms with Gasteiger partial charge in [-0.1, -0.05) is 24.3 Å². The molecule has 0 saturated carbocycles. The molecule has 4 rings (SSSR count). The molecule has 9 nitrogen and oxygen atoms in total. The Balaban J connectivity index is 1.69. The first-order chi connectivity index (χ1) is 14.5. The number of hydrogen-bond donors (Lipinski definition) is 1. The van der Waals surface area contributed by atoms with Crippen LogP contribution in [0.3, 0.4) is 0 Å². The number of hydrogen-bond acceptors (Lipinski definition) is 7. The maximum absolute atomic E-state index is 12.9. The topological polar surface area (TPSA) is 143 Å². The van der Waals surface area contributed by atoms with Crippen LogP contribution in [0.1, 0.15) is 22.3 Å². The summed E-state index contributed by atoms with van der Waals surface area (Å²) in [7, 11) is 0. The van der Waals surface area contributed by atoms with E-state index in [9.17, 15) is 25.0 Å². The number of nitrogens with zero attached hydrogens (tertiary/aromatic N) is 3. The third-order valence-electron chi connectivity index (χ3n) is 4.49. The summed E-state index contributed by atoms with van der Waals surface area (Å²) in [5, 5.41) is 20.8. The fourth-order valence-electron chi connectivity index (χ4n) is 3.03. The first kappa shape index (κ1) is 18.8. The van der Waals surface area contributed by atoms with Gasteiger partial charge in [0, 0.05) is 17.7 Å². The number of non-ortho nitro benzene ring substituents is 1. The van der Waals surface area contributed by atoms with Crippen LogP contribution in [0.4, 0.5) is 5.69 Å². The molecule has 2 heterocycles. The van der Waals surface area contributed by atoms with Crippen molar-refractivity contribution in [1.29, 1.82) is 5.26 Å². The summed E-state index contributed by atoms with van der Waals surface area (Å²) in [5.74, 6) is -2.05. The molecule has 0 fully saturated rings. The molecule has 0 amide bonds. The van der Waals surface area contributed by atoms with E-state index in [4.69, 9.17) is 4.42 Å². The number of carbonyl (C=O) groups is 1. The summed E-state index contributed by atoms with van der Waals surface area (Å²) < 4.78 is 5.55. The lowest BCUT2D eigenvalue weighted by Gasteiger charge is -2.07. The van der Waals surface area contributed by atoms with Gasteiger partial charge in [-0.05, 0) is 24.3 Å². The molecule has 2 aromatic carbocycles. The number of Topliss-reactive ketones (excluding diaryl/α,β-unsaturated/α-hetero) is 1. The van der Waals surface area contributed by atoms with Crippen molar-refractivity contribution in [2.75, 3.05) is 0 Å². The van der Waals surface area contributed by atoms with Crippen molar-refractivity contribution < 1.29 is 14.1 Å². The second-order valence-electron chi connectivity index (χ2n) is 6.37. The Bertz CT molecular complexity index is 1400. The number of nitrogens with one attached hydrogen (secondary N) is 1. The predicted octanol–water partition coefficient (Wildman–Crippen LogP) is 3.58. The molecule has 1 atom stereocenters. The molecule has 0 spiro atoms. The number of nitriles is 1. The van der Waals surface area contributed by atoms with Gasteiger partial charge < -0.3 is 9.40 Å². The number of furan rings is 1. The minimum absolute atomic E-state index is 0.0838. The van der Waals surface area contributed by atoms with Gasteiger partial charge in [-0.3, -0.25) is 19.7 Å². The van der Waals surface area contributed by atoms with Crippen LogP contribution in [0.2, 0.25) is 0 Å². The average Bonchev–Trinajstić information content (AvgIpc) is 3.25. The van der Waals surface area contributed by atoms with Crippen molar-refractivity contribution in [1.82, 2.24) is 9.97 Å². The number of H-pyrrole nitrogens is 1. The smallest absolute Gasteiger partial charge is 0.270 e. The maximum Gasteiger partial charge on any atom is 0.270 e. The van der Waals surface area contributed by atoms with Crippen LogP contribution in [0.25, 0.3) is 22.2 Å². The number of nitro groups is 1. The van der Waals surface area contributed by atoms with Crippen molar-refractivity contribution in [2.45, 2.75) is 5.92 Å². The number of aromatic amines is 1. The number of aromatic nitrogens is 2. The van der Waals surface area contributed by atoms with Crippen molar-refractivity contribution in [3.8, 4) is 17.4 Å². The van der Waals surface area contributed by atoms with E-state index in [1.807, 2.05) is 6.07 Å². The van der Waals surface area contributed by atoms with Gasteiger partial charge in [0.2, 0.25) is 5.78 Å². The molecular weight excluding hydrogens is 388 g/mol. The number of carbonyl (C=O) groups excluding carboxylic acids is 1. The number of ketones is 1. The van der Waals surface area contributed by atoms with Crippen molar-refractivity contribution in [3.63, 3.8) is 0 Å². The first-order valence-corrected chi connectivity index (χ1v) is 8.75. The highest BCUT2D eigenvalue weighted by Crippen LogP contribution is 2.28. The van der Waals surface area contributed by atoms with Crippen molar-refractivity contribution >= 4 is 22.4 Å².